The van der Waals surface area contributed by atoms with E-state index in [1.165, 1.54) is 6.92 Å². The first-order chi connectivity index (χ1) is 11.9. The fraction of sp³-hybridized carbons (Fsp3) is 0.176. The minimum Gasteiger partial charge on any atom is -0.454 e. The molecule has 2 aromatic carbocycles. The van der Waals surface area contributed by atoms with Crippen molar-refractivity contribution in [3.8, 4) is 11.5 Å². The van der Waals surface area contributed by atoms with Gasteiger partial charge in [-0.1, -0.05) is 0 Å². The zero-order valence-corrected chi connectivity index (χ0v) is 13.0. The molecule has 3 rings (SSSR count). The van der Waals surface area contributed by atoms with E-state index < -0.39 is 29.6 Å². The third kappa shape index (κ3) is 3.85. The number of anilines is 1. The Morgan fingerprint density at radius 3 is 2.48 bits per heavy atom. The van der Waals surface area contributed by atoms with Crippen molar-refractivity contribution < 1.29 is 32.6 Å². The predicted octanol–water partition coefficient (Wildman–Crippen LogP) is 2.88. The Balaban J connectivity index is 1.63. The summed E-state index contributed by atoms with van der Waals surface area (Å²) in [5.74, 6) is -2.40. The fourth-order valence-corrected chi connectivity index (χ4v) is 2.17. The highest BCUT2D eigenvalue weighted by Gasteiger charge is 2.21. The van der Waals surface area contributed by atoms with Gasteiger partial charge in [-0.05, 0) is 31.2 Å². The summed E-state index contributed by atoms with van der Waals surface area (Å²) >= 11 is 0. The van der Waals surface area contributed by atoms with Crippen molar-refractivity contribution in [2.24, 2.45) is 0 Å². The summed E-state index contributed by atoms with van der Waals surface area (Å²) in [7, 11) is 0. The molecule has 0 spiro atoms. The molecule has 1 heterocycles. The Hall–Kier alpha value is -3.16. The number of hydrogen-bond acceptors (Lipinski definition) is 5. The van der Waals surface area contributed by atoms with Crippen LogP contribution in [0.15, 0.2) is 36.4 Å². The van der Waals surface area contributed by atoms with Crippen LogP contribution in [-0.2, 0) is 9.53 Å². The third-order valence-electron chi connectivity index (χ3n) is 3.39. The predicted molar refractivity (Wildman–Crippen MR) is 82.4 cm³/mol. The van der Waals surface area contributed by atoms with Crippen molar-refractivity contribution in [3.63, 3.8) is 0 Å². The SMILES string of the molecule is C[C@@H](OC(=O)c1cc(F)cc(F)c1)C(=O)Nc1ccc2c(c1)OCO2. The van der Waals surface area contributed by atoms with Crippen molar-refractivity contribution in [3.05, 3.63) is 53.6 Å². The second-order valence-electron chi connectivity index (χ2n) is 5.26. The van der Waals surface area contributed by atoms with Gasteiger partial charge in [-0.2, -0.15) is 0 Å². The van der Waals surface area contributed by atoms with E-state index in [2.05, 4.69) is 5.32 Å². The molecule has 8 heteroatoms. The average molecular weight is 349 g/mol. The molecule has 0 saturated carbocycles. The van der Waals surface area contributed by atoms with Crippen LogP contribution in [0.5, 0.6) is 11.5 Å². The van der Waals surface area contributed by atoms with Crippen molar-refractivity contribution >= 4 is 17.6 Å². The second-order valence-corrected chi connectivity index (χ2v) is 5.26. The van der Waals surface area contributed by atoms with Crippen molar-refractivity contribution in [1.29, 1.82) is 0 Å². The highest BCUT2D eigenvalue weighted by molar-refractivity contribution is 5.97. The summed E-state index contributed by atoms with van der Waals surface area (Å²) in [5, 5.41) is 2.55. The highest BCUT2D eigenvalue weighted by atomic mass is 19.1. The first kappa shape index (κ1) is 16.7. The molecule has 0 saturated heterocycles. The van der Waals surface area contributed by atoms with Crippen molar-refractivity contribution in [2.75, 3.05) is 12.1 Å². The Kier molecular flexibility index (Phi) is 4.51. The van der Waals surface area contributed by atoms with Gasteiger partial charge >= 0.3 is 5.97 Å². The lowest BCUT2D eigenvalue weighted by atomic mass is 10.2. The zero-order valence-electron chi connectivity index (χ0n) is 13.0. The number of fused-ring (bicyclic) bond motifs is 1. The average Bonchev–Trinajstić information content (AvgIpc) is 3.01. The largest absolute Gasteiger partial charge is 0.454 e. The molecule has 0 aromatic heterocycles. The van der Waals surface area contributed by atoms with E-state index in [1.807, 2.05) is 0 Å². The van der Waals surface area contributed by atoms with E-state index in [4.69, 9.17) is 14.2 Å². The smallest absolute Gasteiger partial charge is 0.339 e. The van der Waals surface area contributed by atoms with Gasteiger partial charge in [0.05, 0.1) is 5.56 Å². The quantitative estimate of drug-likeness (QED) is 0.859. The lowest BCUT2D eigenvalue weighted by molar-refractivity contribution is -0.123. The maximum atomic E-state index is 13.1. The first-order valence-corrected chi connectivity index (χ1v) is 7.30. The van der Waals surface area contributed by atoms with Crippen LogP contribution in [0.25, 0.3) is 0 Å². The Labute approximate surface area is 141 Å². The van der Waals surface area contributed by atoms with Crippen LogP contribution in [-0.4, -0.2) is 24.8 Å². The van der Waals surface area contributed by atoms with Crippen LogP contribution in [0.2, 0.25) is 0 Å². The van der Waals surface area contributed by atoms with E-state index in [-0.39, 0.29) is 12.4 Å². The van der Waals surface area contributed by atoms with E-state index in [1.54, 1.807) is 18.2 Å². The molecule has 0 radical (unpaired) electrons. The van der Waals surface area contributed by atoms with E-state index in [0.29, 0.717) is 23.3 Å². The number of benzene rings is 2. The molecule has 25 heavy (non-hydrogen) atoms. The molecule has 6 nitrogen and oxygen atoms in total. The monoisotopic (exact) mass is 349 g/mol. The van der Waals surface area contributed by atoms with Gasteiger partial charge < -0.3 is 19.5 Å². The Bertz CT molecular complexity index is 820. The van der Waals surface area contributed by atoms with Crippen LogP contribution in [0.1, 0.15) is 17.3 Å². The van der Waals surface area contributed by atoms with Crippen LogP contribution >= 0.6 is 0 Å². The summed E-state index contributed by atoms with van der Waals surface area (Å²) in [4.78, 5) is 24.0. The van der Waals surface area contributed by atoms with Gasteiger partial charge in [-0.15, -0.1) is 0 Å². The van der Waals surface area contributed by atoms with Gasteiger partial charge in [0.1, 0.15) is 11.6 Å². The lowest BCUT2D eigenvalue weighted by Gasteiger charge is -2.14. The molecular weight excluding hydrogens is 336 g/mol. The number of nitrogens with one attached hydrogen (secondary N) is 1. The Morgan fingerprint density at radius 2 is 1.76 bits per heavy atom. The summed E-state index contributed by atoms with van der Waals surface area (Å²) in [5.41, 5.74) is 0.106. The minimum absolute atomic E-state index is 0.102. The van der Waals surface area contributed by atoms with Gasteiger partial charge in [-0.3, -0.25) is 4.79 Å². The maximum absolute atomic E-state index is 13.1. The highest BCUT2D eigenvalue weighted by Crippen LogP contribution is 2.34. The van der Waals surface area contributed by atoms with Crippen LogP contribution < -0.4 is 14.8 Å². The van der Waals surface area contributed by atoms with Gasteiger partial charge in [-0.25, -0.2) is 13.6 Å². The molecule has 0 unspecified atom stereocenters. The molecular formula is C17H13F2NO5. The standard InChI is InChI=1S/C17H13F2NO5/c1-9(25-17(22)10-4-11(18)6-12(19)5-10)16(21)20-13-2-3-14-15(7-13)24-8-23-14/h2-7,9H,8H2,1H3,(H,20,21)/t9-/m1/s1. The number of rotatable bonds is 4. The lowest BCUT2D eigenvalue weighted by Crippen LogP contribution is -2.30. The summed E-state index contributed by atoms with van der Waals surface area (Å²) in [6.45, 7) is 1.45. The van der Waals surface area contributed by atoms with Crippen molar-refractivity contribution in [1.82, 2.24) is 0 Å². The van der Waals surface area contributed by atoms with E-state index >= 15 is 0 Å². The summed E-state index contributed by atoms with van der Waals surface area (Å²) in [6, 6.07) is 7.08. The van der Waals surface area contributed by atoms with Gasteiger partial charge in [0, 0.05) is 17.8 Å². The van der Waals surface area contributed by atoms with Gasteiger partial charge in [0.2, 0.25) is 6.79 Å². The molecule has 1 aliphatic heterocycles. The molecule has 2 aromatic rings. The zero-order chi connectivity index (χ0) is 18.0. The van der Waals surface area contributed by atoms with E-state index in [9.17, 15) is 18.4 Å². The molecule has 130 valence electrons. The Morgan fingerprint density at radius 1 is 1.08 bits per heavy atom. The summed E-state index contributed by atoms with van der Waals surface area (Å²) in [6.07, 6.45) is -1.18. The second kappa shape index (κ2) is 6.76. The molecule has 1 aliphatic rings. The molecule has 0 bridgehead atoms. The number of ether oxygens (including phenoxy) is 3. The normalized spacial score (nSPS) is 13.2. The number of carbonyl (C=O) groups excluding carboxylic acids is 2. The molecule has 1 amide bonds. The number of esters is 1. The number of amides is 1. The van der Waals surface area contributed by atoms with Crippen LogP contribution in [0.3, 0.4) is 0 Å². The molecule has 0 aliphatic carbocycles. The number of carbonyl (C=O) groups is 2. The molecule has 1 atom stereocenters. The van der Waals surface area contributed by atoms with Crippen molar-refractivity contribution in [2.45, 2.75) is 13.0 Å². The minimum atomic E-state index is -1.18. The topological polar surface area (TPSA) is 73.9 Å². The first-order valence-electron chi connectivity index (χ1n) is 7.30. The third-order valence-corrected chi connectivity index (χ3v) is 3.39. The summed E-state index contributed by atoms with van der Waals surface area (Å²) < 4.78 is 41.6. The van der Waals surface area contributed by atoms with Crippen LogP contribution in [0, 0.1) is 11.6 Å². The van der Waals surface area contributed by atoms with E-state index in [0.717, 1.165) is 12.1 Å². The van der Waals surface area contributed by atoms with Gasteiger partial charge in [0.25, 0.3) is 5.91 Å². The molecule has 0 fully saturated rings. The van der Waals surface area contributed by atoms with Gasteiger partial charge in [0.15, 0.2) is 17.6 Å². The maximum Gasteiger partial charge on any atom is 0.339 e. The number of halogens is 2. The molecule has 1 N–H and O–H groups in total. The van der Waals surface area contributed by atoms with Crippen LogP contribution in [0.4, 0.5) is 14.5 Å². The fourth-order valence-electron chi connectivity index (χ4n) is 2.17. The number of hydrogen-bond donors (Lipinski definition) is 1.